The number of nitrogens with zero attached hydrogens (tertiary/aromatic N) is 4. The van der Waals surface area contributed by atoms with Gasteiger partial charge in [-0.05, 0) is 27.7 Å². The van der Waals surface area contributed by atoms with E-state index in [4.69, 9.17) is 5.26 Å². The Balaban J connectivity index is 2.19. The van der Waals surface area contributed by atoms with Crippen molar-refractivity contribution in [3.05, 3.63) is 35.8 Å². The summed E-state index contributed by atoms with van der Waals surface area (Å²) in [6, 6.07) is 3.56. The van der Waals surface area contributed by atoms with Gasteiger partial charge < -0.3 is 21.1 Å². The fourth-order valence-electron chi connectivity index (χ4n) is 2.23. The quantitative estimate of drug-likeness (QED) is 0.528. The van der Waals surface area contributed by atoms with Crippen LogP contribution in [-0.2, 0) is 0 Å². The van der Waals surface area contributed by atoms with Gasteiger partial charge in [-0.25, -0.2) is 19.3 Å². The van der Waals surface area contributed by atoms with E-state index in [1.807, 2.05) is 19.9 Å². The Morgan fingerprint density at radius 1 is 1.28 bits per heavy atom. The highest BCUT2D eigenvalue weighted by Crippen LogP contribution is 2.21. The molecule has 4 N–H and O–H groups in total. The summed E-state index contributed by atoms with van der Waals surface area (Å²) in [7, 11) is 0. The van der Waals surface area contributed by atoms with Crippen molar-refractivity contribution in [2.45, 2.75) is 45.5 Å². The van der Waals surface area contributed by atoms with Crippen LogP contribution in [0.3, 0.4) is 0 Å². The molecule has 1 unspecified atom stereocenters. The van der Waals surface area contributed by atoms with Crippen molar-refractivity contribution in [1.29, 1.82) is 5.26 Å². The zero-order chi connectivity index (χ0) is 21.6. The van der Waals surface area contributed by atoms with Gasteiger partial charge in [0.15, 0.2) is 0 Å². The molecule has 0 fully saturated rings. The smallest absolute Gasteiger partial charge is 0.255 e. The summed E-state index contributed by atoms with van der Waals surface area (Å²) < 4.78 is 13.9. The molecule has 2 aromatic heterocycles. The van der Waals surface area contributed by atoms with E-state index in [1.165, 1.54) is 32.4 Å². The van der Waals surface area contributed by atoms with Gasteiger partial charge in [-0.3, -0.25) is 4.79 Å². The van der Waals surface area contributed by atoms with Crippen LogP contribution >= 0.6 is 0 Å². The molecule has 0 aromatic carbocycles. The normalized spacial score (nSPS) is 12.2. The first-order valence-electron chi connectivity index (χ1n) is 9.00. The molecule has 0 bridgehead atoms. The van der Waals surface area contributed by atoms with E-state index in [2.05, 4.69) is 30.9 Å². The third-order valence-electron chi connectivity index (χ3n) is 3.82. The standard InChI is InChI=1S/C19H24FN7O2/c1-11(2)26-14-5-16(27-18-24-7-12(6-21)8-25-18)22-9-13(14)17(28)23-10-15(20)19(3,4)29/h5,7-9,11,15,29H,10H2,1-4H3,(H,23,28)(H2,22,24,25,26,27). The Hall–Kier alpha value is -3.32. The van der Waals surface area contributed by atoms with Gasteiger partial charge in [-0.2, -0.15) is 5.26 Å². The molecular formula is C19H24FN7O2. The predicted molar refractivity (Wildman–Crippen MR) is 107 cm³/mol. The summed E-state index contributed by atoms with van der Waals surface area (Å²) in [5, 5.41) is 27.0. The molecular weight excluding hydrogens is 377 g/mol. The number of hydrogen-bond acceptors (Lipinski definition) is 8. The van der Waals surface area contributed by atoms with Crippen molar-refractivity contribution >= 4 is 23.4 Å². The van der Waals surface area contributed by atoms with Crippen LogP contribution in [0, 0.1) is 11.3 Å². The van der Waals surface area contributed by atoms with E-state index in [1.54, 1.807) is 6.07 Å². The van der Waals surface area contributed by atoms with E-state index in [0.717, 1.165) is 0 Å². The molecule has 0 aliphatic carbocycles. The molecule has 0 saturated heterocycles. The largest absolute Gasteiger partial charge is 0.387 e. The number of amides is 1. The lowest BCUT2D eigenvalue weighted by atomic mass is 10.0. The average Bonchev–Trinajstić information content (AvgIpc) is 2.65. The minimum absolute atomic E-state index is 0.0215. The number of anilines is 3. The number of carbonyl (C=O) groups excluding carboxylic acids is 1. The molecule has 0 radical (unpaired) electrons. The number of aliphatic hydroxyl groups is 1. The fourth-order valence-corrected chi connectivity index (χ4v) is 2.23. The van der Waals surface area contributed by atoms with Gasteiger partial charge in [-0.1, -0.05) is 0 Å². The van der Waals surface area contributed by atoms with Crippen LogP contribution < -0.4 is 16.0 Å². The molecule has 2 aromatic rings. The van der Waals surface area contributed by atoms with Crippen LogP contribution in [0.2, 0.25) is 0 Å². The summed E-state index contributed by atoms with van der Waals surface area (Å²) in [6.07, 6.45) is 2.49. The van der Waals surface area contributed by atoms with E-state index < -0.39 is 17.7 Å². The van der Waals surface area contributed by atoms with E-state index >= 15 is 0 Å². The Morgan fingerprint density at radius 3 is 2.48 bits per heavy atom. The lowest BCUT2D eigenvalue weighted by Gasteiger charge is -2.23. The zero-order valence-electron chi connectivity index (χ0n) is 16.7. The van der Waals surface area contributed by atoms with Gasteiger partial charge in [-0.15, -0.1) is 0 Å². The second-order valence-corrected chi connectivity index (χ2v) is 7.28. The van der Waals surface area contributed by atoms with E-state index in [0.29, 0.717) is 17.1 Å². The minimum Gasteiger partial charge on any atom is -0.387 e. The molecule has 0 aliphatic heterocycles. The van der Waals surface area contributed by atoms with Crippen molar-refractivity contribution in [2.24, 2.45) is 0 Å². The highest BCUT2D eigenvalue weighted by atomic mass is 19.1. The molecule has 0 spiro atoms. The maximum absolute atomic E-state index is 13.9. The molecule has 154 valence electrons. The molecule has 1 amide bonds. The number of carbonyl (C=O) groups is 1. The summed E-state index contributed by atoms with van der Waals surface area (Å²) in [6.45, 7) is 6.16. The number of alkyl halides is 1. The molecule has 29 heavy (non-hydrogen) atoms. The Bertz CT molecular complexity index is 889. The third-order valence-corrected chi connectivity index (χ3v) is 3.82. The Morgan fingerprint density at radius 2 is 1.93 bits per heavy atom. The lowest BCUT2D eigenvalue weighted by Crippen LogP contribution is -2.42. The molecule has 1 atom stereocenters. The third kappa shape index (κ3) is 6.36. The SMILES string of the molecule is CC(C)Nc1cc(Nc2ncc(C#N)cn2)ncc1C(=O)NCC(F)C(C)(C)O. The van der Waals surface area contributed by atoms with E-state index in [9.17, 15) is 14.3 Å². The zero-order valence-corrected chi connectivity index (χ0v) is 16.7. The van der Waals surface area contributed by atoms with Crippen LogP contribution in [0.25, 0.3) is 0 Å². The average molecular weight is 401 g/mol. The Labute approximate surface area is 168 Å². The minimum atomic E-state index is -1.62. The molecule has 2 rings (SSSR count). The highest BCUT2D eigenvalue weighted by Gasteiger charge is 2.27. The van der Waals surface area contributed by atoms with Gasteiger partial charge in [0.2, 0.25) is 5.95 Å². The predicted octanol–water partition coefficient (Wildman–Crippen LogP) is 2.15. The molecule has 0 aliphatic rings. The number of hydrogen-bond donors (Lipinski definition) is 4. The maximum Gasteiger partial charge on any atom is 0.255 e. The number of rotatable bonds is 8. The van der Waals surface area contributed by atoms with Crippen molar-refractivity contribution in [3.8, 4) is 6.07 Å². The van der Waals surface area contributed by atoms with Crippen molar-refractivity contribution in [3.63, 3.8) is 0 Å². The molecule has 9 nitrogen and oxygen atoms in total. The van der Waals surface area contributed by atoms with Gasteiger partial charge in [0.25, 0.3) is 5.91 Å². The monoisotopic (exact) mass is 401 g/mol. The van der Waals surface area contributed by atoms with Gasteiger partial charge in [0, 0.05) is 18.3 Å². The van der Waals surface area contributed by atoms with Crippen molar-refractivity contribution in [2.75, 3.05) is 17.2 Å². The van der Waals surface area contributed by atoms with Crippen molar-refractivity contribution in [1.82, 2.24) is 20.3 Å². The van der Waals surface area contributed by atoms with E-state index in [-0.39, 0.29) is 24.1 Å². The van der Waals surface area contributed by atoms with Crippen LogP contribution in [0.1, 0.15) is 43.6 Å². The maximum atomic E-state index is 13.9. The summed E-state index contributed by atoms with van der Waals surface area (Å²) >= 11 is 0. The first kappa shape index (κ1) is 22.0. The highest BCUT2D eigenvalue weighted by molar-refractivity contribution is 5.99. The summed E-state index contributed by atoms with van der Waals surface area (Å²) in [5.74, 6) is 0.109. The topological polar surface area (TPSA) is 136 Å². The van der Waals surface area contributed by atoms with Crippen LogP contribution in [0.4, 0.5) is 21.8 Å². The van der Waals surface area contributed by atoms with Gasteiger partial charge >= 0.3 is 0 Å². The molecule has 0 saturated carbocycles. The Kier molecular flexibility index (Phi) is 7.01. The fraction of sp³-hybridized carbons (Fsp3) is 0.421. The van der Waals surface area contributed by atoms with Crippen LogP contribution in [0.5, 0.6) is 0 Å². The lowest BCUT2D eigenvalue weighted by molar-refractivity contribution is -0.00177. The number of aromatic nitrogens is 3. The molecule has 2 heterocycles. The number of pyridine rings is 1. The summed E-state index contributed by atoms with van der Waals surface area (Å²) in [4.78, 5) is 24.7. The molecule has 10 heteroatoms. The van der Waals surface area contributed by atoms with Gasteiger partial charge in [0.1, 0.15) is 18.1 Å². The number of halogens is 1. The van der Waals surface area contributed by atoms with Crippen molar-refractivity contribution < 1.29 is 14.3 Å². The number of nitriles is 1. The first-order valence-corrected chi connectivity index (χ1v) is 9.00. The second kappa shape index (κ2) is 9.25. The van der Waals surface area contributed by atoms with Gasteiger partial charge in [0.05, 0.1) is 41.4 Å². The first-order chi connectivity index (χ1) is 13.6. The van der Waals surface area contributed by atoms with Crippen LogP contribution in [-0.4, -0.2) is 50.3 Å². The second-order valence-electron chi connectivity index (χ2n) is 7.28. The van der Waals surface area contributed by atoms with Crippen LogP contribution in [0.15, 0.2) is 24.7 Å². The number of nitrogens with one attached hydrogen (secondary N) is 3. The summed E-state index contributed by atoms with van der Waals surface area (Å²) in [5.41, 5.74) is -0.510.